The van der Waals surface area contributed by atoms with Crippen LogP contribution < -0.4 is 10.6 Å². The SMILES string of the molecule is O=C(CSc1nc2ccc(NC(=O)CC(=S)N3CCOCC3)cc2s1)Nc1ccccc1. The Morgan fingerprint density at radius 3 is 2.59 bits per heavy atom. The van der Waals surface area contributed by atoms with Crippen LogP contribution in [0.15, 0.2) is 52.9 Å². The number of thiazole rings is 1. The number of fused-ring (bicyclic) bond motifs is 1. The third-order valence-electron chi connectivity index (χ3n) is 4.71. The molecule has 2 amide bonds. The summed E-state index contributed by atoms with van der Waals surface area (Å²) < 4.78 is 7.07. The van der Waals surface area contributed by atoms with Gasteiger partial charge in [0.25, 0.3) is 0 Å². The number of aromatic nitrogens is 1. The number of carbonyl (C=O) groups excluding carboxylic acids is 2. The maximum atomic E-state index is 12.4. The van der Waals surface area contributed by atoms with Crippen molar-refractivity contribution in [2.45, 2.75) is 10.8 Å². The summed E-state index contributed by atoms with van der Waals surface area (Å²) in [5, 5.41) is 5.78. The van der Waals surface area contributed by atoms with Gasteiger partial charge in [0.15, 0.2) is 4.34 Å². The Bertz CT molecular complexity index is 1110. The Morgan fingerprint density at radius 1 is 1.06 bits per heavy atom. The number of carbonyl (C=O) groups is 2. The lowest BCUT2D eigenvalue weighted by molar-refractivity contribution is -0.115. The Labute approximate surface area is 199 Å². The molecule has 2 aromatic carbocycles. The molecule has 0 saturated carbocycles. The first-order valence-electron chi connectivity index (χ1n) is 10.1. The summed E-state index contributed by atoms with van der Waals surface area (Å²) in [5.41, 5.74) is 2.31. The summed E-state index contributed by atoms with van der Waals surface area (Å²) in [4.78, 5) is 31.8. The highest BCUT2D eigenvalue weighted by atomic mass is 32.2. The van der Waals surface area contributed by atoms with Crippen LogP contribution in [0.3, 0.4) is 0 Å². The van der Waals surface area contributed by atoms with Crippen molar-refractivity contribution in [3.05, 3.63) is 48.5 Å². The molecule has 1 aromatic heterocycles. The van der Waals surface area contributed by atoms with E-state index in [1.165, 1.54) is 23.1 Å². The number of anilines is 2. The van der Waals surface area contributed by atoms with E-state index in [2.05, 4.69) is 15.6 Å². The number of hydrogen-bond donors (Lipinski definition) is 2. The average Bonchev–Trinajstić information content (AvgIpc) is 3.21. The summed E-state index contributed by atoms with van der Waals surface area (Å²) in [6.07, 6.45) is 0.174. The molecule has 2 heterocycles. The number of benzene rings is 2. The van der Waals surface area contributed by atoms with Gasteiger partial charge in [-0.15, -0.1) is 11.3 Å². The minimum absolute atomic E-state index is 0.0790. The highest BCUT2D eigenvalue weighted by Gasteiger charge is 2.17. The van der Waals surface area contributed by atoms with Gasteiger partial charge in [0, 0.05) is 24.5 Å². The highest BCUT2D eigenvalue weighted by Crippen LogP contribution is 2.31. The maximum Gasteiger partial charge on any atom is 0.234 e. The summed E-state index contributed by atoms with van der Waals surface area (Å²) in [6.45, 7) is 2.72. The molecule has 2 N–H and O–H groups in total. The molecule has 7 nitrogen and oxygen atoms in total. The van der Waals surface area contributed by atoms with E-state index in [0.717, 1.165) is 33.3 Å². The zero-order chi connectivity index (χ0) is 22.3. The number of para-hydroxylation sites is 1. The van der Waals surface area contributed by atoms with Crippen LogP contribution in [0.25, 0.3) is 10.2 Å². The summed E-state index contributed by atoms with van der Waals surface area (Å²) in [7, 11) is 0. The Hall–Kier alpha value is -2.53. The minimum Gasteiger partial charge on any atom is -0.378 e. The second kappa shape index (κ2) is 10.9. The fourth-order valence-electron chi connectivity index (χ4n) is 3.16. The van der Waals surface area contributed by atoms with Gasteiger partial charge >= 0.3 is 0 Å². The van der Waals surface area contributed by atoms with Gasteiger partial charge in [-0.05, 0) is 30.3 Å². The van der Waals surface area contributed by atoms with E-state index in [-0.39, 0.29) is 24.0 Å². The van der Waals surface area contributed by atoms with Crippen molar-refractivity contribution in [3.63, 3.8) is 0 Å². The molecule has 3 aromatic rings. The second-order valence-electron chi connectivity index (χ2n) is 7.08. The molecule has 1 aliphatic heterocycles. The molecule has 4 rings (SSSR count). The standard InChI is InChI=1S/C22H22N4O3S3/c27-19(13-21(30)26-8-10-29-11-9-26)24-16-6-7-17-18(12-16)32-22(25-17)31-14-20(28)23-15-4-2-1-3-5-15/h1-7,12H,8-11,13-14H2,(H,23,28)(H,24,27). The van der Waals surface area contributed by atoms with Gasteiger partial charge in [0.05, 0.1) is 40.6 Å². The van der Waals surface area contributed by atoms with Gasteiger partial charge in [0.1, 0.15) is 0 Å². The zero-order valence-corrected chi connectivity index (χ0v) is 19.7. The number of nitrogens with one attached hydrogen (secondary N) is 2. The molecule has 1 fully saturated rings. The lowest BCUT2D eigenvalue weighted by atomic mass is 10.2. The van der Waals surface area contributed by atoms with E-state index >= 15 is 0 Å². The number of hydrogen-bond acceptors (Lipinski definition) is 7. The van der Waals surface area contributed by atoms with Crippen molar-refractivity contribution in [3.8, 4) is 0 Å². The maximum absolute atomic E-state index is 12.4. The number of amides is 2. The van der Waals surface area contributed by atoms with Crippen molar-refractivity contribution in [2.24, 2.45) is 0 Å². The molecule has 0 bridgehead atoms. The quantitative estimate of drug-likeness (QED) is 0.386. The van der Waals surface area contributed by atoms with Crippen LogP contribution in [-0.4, -0.2) is 58.7 Å². The summed E-state index contributed by atoms with van der Waals surface area (Å²) in [6, 6.07) is 15.0. The topological polar surface area (TPSA) is 83.6 Å². The summed E-state index contributed by atoms with van der Waals surface area (Å²) in [5.74, 6) is 0.0549. The van der Waals surface area contributed by atoms with Crippen LogP contribution in [0, 0.1) is 0 Å². The number of nitrogens with zero attached hydrogens (tertiary/aromatic N) is 2. The molecule has 0 atom stereocenters. The van der Waals surface area contributed by atoms with Crippen molar-refractivity contribution in [1.82, 2.24) is 9.88 Å². The van der Waals surface area contributed by atoms with Gasteiger partial charge in [-0.2, -0.15) is 0 Å². The lowest BCUT2D eigenvalue weighted by Gasteiger charge is -2.28. The van der Waals surface area contributed by atoms with E-state index in [0.29, 0.717) is 23.9 Å². The third kappa shape index (κ3) is 6.26. The molecule has 1 saturated heterocycles. The first kappa shape index (κ1) is 22.7. The van der Waals surface area contributed by atoms with Crippen molar-refractivity contribution < 1.29 is 14.3 Å². The zero-order valence-electron chi connectivity index (χ0n) is 17.2. The third-order valence-corrected chi connectivity index (χ3v) is 7.28. The first-order chi connectivity index (χ1) is 15.6. The van der Waals surface area contributed by atoms with E-state index in [9.17, 15) is 9.59 Å². The predicted octanol–water partition coefficient (Wildman–Crippen LogP) is 4.02. The minimum atomic E-state index is -0.141. The van der Waals surface area contributed by atoms with Crippen LogP contribution in [0.1, 0.15) is 6.42 Å². The van der Waals surface area contributed by atoms with E-state index < -0.39 is 0 Å². The molecule has 0 spiro atoms. The molecule has 1 aliphatic rings. The largest absolute Gasteiger partial charge is 0.378 e. The van der Waals surface area contributed by atoms with E-state index in [4.69, 9.17) is 17.0 Å². The van der Waals surface area contributed by atoms with Crippen molar-refractivity contribution in [2.75, 3.05) is 42.7 Å². The van der Waals surface area contributed by atoms with Crippen LogP contribution in [0.4, 0.5) is 11.4 Å². The molecule has 0 unspecified atom stereocenters. The summed E-state index contributed by atoms with van der Waals surface area (Å²) >= 11 is 8.29. The lowest BCUT2D eigenvalue weighted by Crippen LogP contribution is -2.41. The van der Waals surface area contributed by atoms with Gasteiger partial charge < -0.3 is 20.3 Å². The smallest absolute Gasteiger partial charge is 0.234 e. The average molecular weight is 487 g/mol. The molecule has 0 radical (unpaired) electrons. The van der Waals surface area contributed by atoms with Crippen LogP contribution in [0.2, 0.25) is 0 Å². The first-order valence-corrected chi connectivity index (χ1v) is 12.3. The van der Waals surface area contributed by atoms with E-state index in [1.54, 1.807) is 0 Å². The number of rotatable bonds is 7. The monoisotopic (exact) mass is 486 g/mol. The fourth-order valence-corrected chi connectivity index (χ4v) is 5.38. The molecule has 166 valence electrons. The number of ether oxygens (including phenoxy) is 1. The molecule has 32 heavy (non-hydrogen) atoms. The van der Waals surface area contributed by atoms with Gasteiger partial charge in [-0.1, -0.05) is 42.2 Å². The highest BCUT2D eigenvalue weighted by molar-refractivity contribution is 8.01. The Morgan fingerprint density at radius 2 is 1.81 bits per heavy atom. The van der Waals surface area contributed by atoms with Crippen LogP contribution in [-0.2, 0) is 14.3 Å². The fraction of sp³-hybridized carbons (Fsp3) is 0.273. The van der Waals surface area contributed by atoms with Gasteiger partial charge in [0.2, 0.25) is 11.8 Å². The number of thiocarbonyl (C=S) groups is 1. The molecule has 10 heteroatoms. The van der Waals surface area contributed by atoms with Crippen molar-refractivity contribution >= 4 is 73.7 Å². The number of morpholine rings is 1. The predicted molar refractivity (Wildman–Crippen MR) is 134 cm³/mol. The van der Waals surface area contributed by atoms with Crippen molar-refractivity contribution in [1.29, 1.82) is 0 Å². The van der Waals surface area contributed by atoms with Gasteiger partial charge in [-0.3, -0.25) is 9.59 Å². The number of thioether (sulfide) groups is 1. The molecular weight excluding hydrogens is 464 g/mol. The Kier molecular flexibility index (Phi) is 7.69. The normalized spacial score (nSPS) is 13.7. The molecular formula is C22H22N4O3S3. The Balaban J connectivity index is 1.30. The van der Waals surface area contributed by atoms with Crippen LogP contribution in [0.5, 0.6) is 0 Å². The van der Waals surface area contributed by atoms with Gasteiger partial charge in [-0.25, -0.2) is 4.98 Å². The molecule has 0 aliphatic carbocycles. The second-order valence-corrected chi connectivity index (χ2v) is 9.81. The van der Waals surface area contributed by atoms with E-state index in [1.807, 2.05) is 53.4 Å². The van der Waals surface area contributed by atoms with Crippen LogP contribution >= 0.6 is 35.3 Å².